The van der Waals surface area contributed by atoms with Gasteiger partial charge in [0.1, 0.15) is 0 Å². The van der Waals surface area contributed by atoms with E-state index < -0.39 is 16.1 Å². The number of hydrogen-bond donors (Lipinski definition) is 4. The Morgan fingerprint density at radius 1 is 1.25 bits per heavy atom. The van der Waals surface area contributed by atoms with Crippen molar-refractivity contribution in [2.75, 3.05) is 53.4 Å². The van der Waals surface area contributed by atoms with Crippen molar-refractivity contribution < 1.29 is 13.5 Å². The first kappa shape index (κ1) is 26.6. The first-order valence-electron chi connectivity index (χ1n) is 11.8. The number of nitrogens with zero attached hydrogens (tertiary/aromatic N) is 4. The van der Waals surface area contributed by atoms with E-state index in [2.05, 4.69) is 30.2 Å². The smallest absolute Gasteiger partial charge is 0.232 e. The van der Waals surface area contributed by atoms with Crippen LogP contribution in [0.2, 0.25) is 5.02 Å². The van der Waals surface area contributed by atoms with Gasteiger partial charge in [0, 0.05) is 44.5 Å². The summed E-state index contributed by atoms with van der Waals surface area (Å²) < 4.78 is 27.4. The van der Waals surface area contributed by atoms with Gasteiger partial charge in [-0.3, -0.25) is 4.72 Å². The van der Waals surface area contributed by atoms with Crippen molar-refractivity contribution in [3.8, 4) is 21.8 Å². The number of anilines is 3. The van der Waals surface area contributed by atoms with E-state index in [-0.39, 0.29) is 10.8 Å². The number of benzene rings is 1. The maximum atomic E-state index is 12.4. The van der Waals surface area contributed by atoms with Gasteiger partial charge in [-0.2, -0.15) is 0 Å². The molecule has 1 saturated heterocycles. The van der Waals surface area contributed by atoms with Crippen molar-refractivity contribution in [1.82, 2.24) is 20.3 Å². The monoisotopic (exact) mass is 551 g/mol. The highest BCUT2D eigenvalue weighted by molar-refractivity contribution is 7.92. The molecule has 0 aliphatic carbocycles. The molecule has 0 spiro atoms. The molecular weight excluding hydrogens is 522 g/mol. The van der Waals surface area contributed by atoms with Crippen molar-refractivity contribution in [2.45, 2.75) is 26.4 Å². The summed E-state index contributed by atoms with van der Waals surface area (Å²) in [5, 5.41) is 17.1. The maximum Gasteiger partial charge on any atom is 0.232 e. The molecule has 10 nitrogen and oxygen atoms in total. The summed E-state index contributed by atoms with van der Waals surface area (Å²) in [6, 6.07) is 7.03. The lowest BCUT2D eigenvalue weighted by atomic mass is 10.1. The summed E-state index contributed by atoms with van der Waals surface area (Å²) in [4.78, 5) is 16.9. The van der Waals surface area contributed by atoms with Gasteiger partial charge < -0.3 is 20.6 Å². The summed E-state index contributed by atoms with van der Waals surface area (Å²) in [6.45, 7) is 7.17. The quantitative estimate of drug-likeness (QED) is 0.299. The van der Waals surface area contributed by atoms with E-state index in [1.54, 1.807) is 31.3 Å². The van der Waals surface area contributed by atoms with Gasteiger partial charge in [-0.15, -0.1) is 0 Å². The molecule has 1 unspecified atom stereocenters. The van der Waals surface area contributed by atoms with Crippen LogP contribution in [0, 0.1) is 0 Å². The lowest BCUT2D eigenvalue weighted by Crippen LogP contribution is -2.43. The third-order valence-corrected chi connectivity index (χ3v) is 8.46. The standard InChI is InChI=1S/C23H30ClN7O3S2/c1-3-13-36(33,34)30-17-6-4-5-16(19(17)24)20-21(35-23(29-20)31-11-9-25-10-12-31)18-7-8-26-22(28-18)27-14-15(2)32/h4-8,15,25,30,32H,3,9-14H2,1-2H3,(H,26,27,28). The number of halogens is 1. The van der Waals surface area contributed by atoms with Crippen LogP contribution in [0.25, 0.3) is 21.8 Å². The zero-order chi connectivity index (χ0) is 25.7. The topological polar surface area (TPSA) is 132 Å². The van der Waals surface area contributed by atoms with Crippen LogP contribution in [-0.2, 0) is 10.0 Å². The van der Waals surface area contributed by atoms with Crippen LogP contribution in [0.15, 0.2) is 30.5 Å². The number of aromatic nitrogens is 3. The molecule has 0 bridgehead atoms. The SMILES string of the molecule is CCCS(=O)(=O)Nc1cccc(-c2nc(N3CCNCC3)sc2-c2ccnc(NCC(C)O)n2)c1Cl. The molecule has 2 aromatic heterocycles. The number of rotatable bonds is 10. The minimum absolute atomic E-state index is 0.00577. The van der Waals surface area contributed by atoms with E-state index in [0.29, 0.717) is 41.6 Å². The van der Waals surface area contributed by atoms with Gasteiger partial charge in [0.05, 0.1) is 38.8 Å². The highest BCUT2D eigenvalue weighted by Crippen LogP contribution is 2.43. The lowest BCUT2D eigenvalue weighted by Gasteiger charge is -2.26. The highest BCUT2D eigenvalue weighted by Gasteiger charge is 2.24. The number of sulfonamides is 1. The van der Waals surface area contributed by atoms with E-state index in [4.69, 9.17) is 16.6 Å². The Bertz CT molecular complexity index is 1290. The average Bonchev–Trinajstić information content (AvgIpc) is 3.30. The van der Waals surface area contributed by atoms with Gasteiger partial charge >= 0.3 is 0 Å². The number of aliphatic hydroxyl groups is 1. The highest BCUT2D eigenvalue weighted by atomic mass is 35.5. The van der Waals surface area contributed by atoms with Crippen LogP contribution in [0.3, 0.4) is 0 Å². The summed E-state index contributed by atoms with van der Waals surface area (Å²) in [5.41, 5.74) is 2.20. The van der Waals surface area contributed by atoms with Crippen LogP contribution < -0.4 is 20.3 Å². The van der Waals surface area contributed by atoms with E-state index in [1.165, 1.54) is 11.3 Å². The molecule has 1 atom stereocenters. The van der Waals surface area contributed by atoms with Gasteiger partial charge in [-0.1, -0.05) is 42.0 Å². The Kier molecular flexibility index (Phi) is 8.62. The van der Waals surface area contributed by atoms with Crippen LogP contribution in [0.5, 0.6) is 0 Å². The van der Waals surface area contributed by atoms with Gasteiger partial charge in [0.25, 0.3) is 0 Å². The molecule has 1 aliphatic rings. The molecule has 1 aliphatic heterocycles. The number of thiazole rings is 1. The number of nitrogens with one attached hydrogen (secondary N) is 3. The Morgan fingerprint density at radius 3 is 2.75 bits per heavy atom. The minimum Gasteiger partial charge on any atom is -0.392 e. The zero-order valence-electron chi connectivity index (χ0n) is 20.2. The van der Waals surface area contributed by atoms with Crippen molar-refractivity contribution in [2.24, 2.45) is 0 Å². The van der Waals surface area contributed by atoms with E-state index in [9.17, 15) is 13.5 Å². The fourth-order valence-electron chi connectivity index (χ4n) is 3.75. The molecule has 1 aromatic carbocycles. The van der Waals surface area contributed by atoms with Crippen LogP contribution in [-0.4, -0.2) is 73.1 Å². The molecule has 4 N–H and O–H groups in total. The maximum absolute atomic E-state index is 12.4. The summed E-state index contributed by atoms with van der Waals surface area (Å²) in [5.74, 6) is 0.398. The molecule has 13 heteroatoms. The van der Waals surface area contributed by atoms with Crippen molar-refractivity contribution in [1.29, 1.82) is 0 Å². The third kappa shape index (κ3) is 6.43. The molecule has 36 heavy (non-hydrogen) atoms. The lowest BCUT2D eigenvalue weighted by molar-refractivity contribution is 0.208. The van der Waals surface area contributed by atoms with Crippen molar-refractivity contribution >= 4 is 49.7 Å². The molecule has 194 valence electrons. The van der Waals surface area contributed by atoms with Gasteiger partial charge in [-0.25, -0.2) is 23.4 Å². The summed E-state index contributed by atoms with van der Waals surface area (Å²) >= 11 is 8.27. The number of piperazine rings is 1. The number of aliphatic hydroxyl groups excluding tert-OH is 1. The van der Waals surface area contributed by atoms with Gasteiger partial charge in [-0.05, 0) is 25.5 Å². The second kappa shape index (κ2) is 11.7. The molecule has 0 saturated carbocycles. The van der Waals surface area contributed by atoms with Crippen LogP contribution in [0.1, 0.15) is 20.3 Å². The summed E-state index contributed by atoms with van der Waals surface area (Å²) in [6.07, 6.45) is 1.60. The largest absolute Gasteiger partial charge is 0.392 e. The molecular formula is C23H30ClN7O3S2. The van der Waals surface area contributed by atoms with E-state index >= 15 is 0 Å². The predicted molar refractivity (Wildman–Crippen MR) is 147 cm³/mol. The Morgan fingerprint density at radius 2 is 2.03 bits per heavy atom. The Labute approximate surface area is 220 Å². The van der Waals surface area contributed by atoms with Crippen LogP contribution >= 0.6 is 22.9 Å². The van der Waals surface area contributed by atoms with E-state index in [1.807, 2.05) is 13.0 Å². The van der Waals surface area contributed by atoms with Gasteiger partial charge in [0.2, 0.25) is 16.0 Å². The molecule has 3 aromatic rings. The molecule has 3 heterocycles. The molecule has 4 rings (SSSR count). The molecule has 0 radical (unpaired) electrons. The Hall–Kier alpha value is -2.51. The van der Waals surface area contributed by atoms with E-state index in [0.717, 1.165) is 36.2 Å². The Balaban J connectivity index is 1.78. The molecule has 1 fully saturated rings. The van der Waals surface area contributed by atoms with Crippen LogP contribution in [0.4, 0.5) is 16.8 Å². The predicted octanol–water partition coefficient (Wildman–Crippen LogP) is 3.27. The second-order valence-electron chi connectivity index (χ2n) is 8.49. The molecule has 0 amide bonds. The zero-order valence-corrected chi connectivity index (χ0v) is 22.5. The second-order valence-corrected chi connectivity index (χ2v) is 11.7. The van der Waals surface area contributed by atoms with Crippen molar-refractivity contribution in [3.63, 3.8) is 0 Å². The first-order valence-corrected chi connectivity index (χ1v) is 14.6. The fraction of sp³-hybridized carbons (Fsp3) is 0.435. The fourth-order valence-corrected chi connectivity index (χ4v) is 6.31. The number of hydrogen-bond acceptors (Lipinski definition) is 10. The third-order valence-electron chi connectivity index (χ3n) is 5.44. The minimum atomic E-state index is -3.52. The first-order chi connectivity index (χ1) is 17.3. The van der Waals surface area contributed by atoms with Crippen molar-refractivity contribution in [3.05, 3.63) is 35.5 Å². The summed E-state index contributed by atoms with van der Waals surface area (Å²) in [7, 11) is -3.52. The normalized spacial score (nSPS) is 15.1. The average molecular weight is 552 g/mol. The van der Waals surface area contributed by atoms with Gasteiger partial charge in [0.15, 0.2) is 5.13 Å².